The Kier molecular flexibility index (Phi) is 4.18. The highest BCUT2D eigenvalue weighted by atomic mass is 79.9. The lowest BCUT2D eigenvalue weighted by Crippen LogP contribution is -2.57. The highest BCUT2D eigenvalue weighted by Gasteiger charge is 2.65. The number of fused-ring (bicyclic) bond motifs is 5. The minimum Gasteiger partial charge on any atom is -0.385 e. The average Bonchev–Trinajstić information content (AvgIpc) is 2.88. The standard InChI is InChI=1S/C21H27BrO4/c1-19-10-17(24)16(23)9-12(19)3-4-13-14(19)5-7-20(2)15(13)6-8-21(20,26)18(25)11-22/h3-4,9,13-15,17,24,26H,5-8,10-11H2,1-2H3/t13-,14+,15+,17?,19+,20+,21+/m1/s1. The van der Waals surface area contributed by atoms with Crippen LogP contribution in [0.5, 0.6) is 0 Å². The van der Waals surface area contributed by atoms with Gasteiger partial charge in [0.25, 0.3) is 0 Å². The van der Waals surface area contributed by atoms with Gasteiger partial charge in [-0.25, -0.2) is 0 Å². The van der Waals surface area contributed by atoms with Gasteiger partial charge in [0.2, 0.25) is 0 Å². The Bertz CT molecular complexity index is 728. The van der Waals surface area contributed by atoms with Crippen molar-refractivity contribution in [2.45, 2.75) is 57.7 Å². The SMILES string of the molecule is C[C@]12CC(O)C(=O)C=C1C=C[C@@H]1[C@@H]2CC[C@@]2(C)[C@H]1CC[C@]2(O)C(=O)CBr. The molecule has 0 radical (unpaired) electrons. The second kappa shape index (κ2) is 5.86. The molecule has 26 heavy (non-hydrogen) atoms. The molecule has 5 heteroatoms. The summed E-state index contributed by atoms with van der Waals surface area (Å²) in [4.78, 5) is 24.5. The lowest BCUT2D eigenvalue weighted by atomic mass is 9.48. The monoisotopic (exact) mass is 422 g/mol. The summed E-state index contributed by atoms with van der Waals surface area (Å²) in [5, 5.41) is 21.7. The molecule has 0 aliphatic heterocycles. The lowest BCUT2D eigenvalue weighted by molar-refractivity contribution is -0.156. The quantitative estimate of drug-likeness (QED) is 0.670. The van der Waals surface area contributed by atoms with Gasteiger partial charge in [-0.1, -0.05) is 41.9 Å². The normalized spacial score (nSPS) is 49.9. The highest BCUT2D eigenvalue weighted by Crippen LogP contribution is 2.66. The Morgan fingerprint density at radius 1 is 1.27 bits per heavy atom. The van der Waals surface area contributed by atoms with Crippen molar-refractivity contribution in [3.8, 4) is 0 Å². The molecule has 0 heterocycles. The number of aliphatic hydroxyl groups is 2. The molecule has 2 N–H and O–H groups in total. The van der Waals surface area contributed by atoms with Gasteiger partial charge in [-0.05, 0) is 66.9 Å². The third-order valence-electron chi connectivity index (χ3n) is 8.29. The Hall–Kier alpha value is -0.780. The Morgan fingerprint density at radius 2 is 1.96 bits per heavy atom. The Labute approximate surface area is 162 Å². The molecule has 4 rings (SSSR count). The average molecular weight is 423 g/mol. The third kappa shape index (κ3) is 2.20. The summed E-state index contributed by atoms with van der Waals surface area (Å²) < 4.78 is 0. The minimum atomic E-state index is -1.25. The van der Waals surface area contributed by atoms with Crippen molar-refractivity contribution in [1.82, 2.24) is 0 Å². The van der Waals surface area contributed by atoms with E-state index in [1.54, 1.807) is 6.08 Å². The molecule has 7 atom stereocenters. The van der Waals surface area contributed by atoms with Gasteiger partial charge in [0.1, 0.15) is 11.7 Å². The zero-order valence-corrected chi connectivity index (χ0v) is 17.0. The van der Waals surface area contributed by atoms with E-state index in [2.05, 4.69) is 41.9 Å². The van der Waals surface area contributed by atoms with Gasteiger partial charge in [0.15, 0.2) is 11.6 Å². The van der Waals surface area contributed by atoms with Gasteiger partial charge in [-0.3, -0.25) is 9.59 Å². The molecular weight excluding hydrogens is 396 g/mol. The highest BCUT2D eigenvalue weighted by molar-refractivity contribution is 9.09. The van der Waals surface area contributed by atoms with Crippen LogP contribution in [0.15, 0.2) is 23.8 Å². The summed E-state index contributed by atoms with van der Waals surface area (Å²) in [5.41, 5.74) is -0.848. The molecule has 4 aliphatic carbocycles. The Morgan fingerprint density at radius 3 is 2.65 bits per heavy atom. The van der Waals surface area contributed by atoms with E-state index in [-0.39, 0.29) is 34.1 Å². The van der Waals surface area contributed by atoms with Gasteiger partial charge in [-0.15, -0.1) is 0 Å². The van der Waals surface area contributed by atoms with E-state index < -0.39 is 17.1 Å². The first-order valence-electron chi connectivity index (χ1n) is 9.61. The summed E-state index contributed by atoms with van der Waals surface area (Å²) >= 11 is 3.25. The van der Waals surface area contributed by atoms with Crippen LogP contribution in [0, 0.1) is 28.6 Å². The number of Topliss-reactive ketones (excluding diaryl/α,β-unsaturated/α-hetero) is 1. The van der Waals surface area contributed by atoms with E-state index in [1.807, 2.05) is 0 Å². The molecule has 1 unspecified atom stereocenters. The number of hydrogen-bond acceptors (Lipinski definition) is 4. The molecule has 0 aromatic carbocycles. The van der Waals surface area contributed by atoms with Gasteiger partial charge in [0, 0.05) is 5.41 Å². The maximum absolute atomic E-state index is 12.5. The van der Waals surface area contributed by atoms with Crippen LogP contribution < -0.4 is 0 Å². The van der Waals surface area contributed by atoms with Gasteiger partial charge in [-0.2, -0.15) is 0 Å². The van der Waals surface area contributed by atoms with Crippen LogP contribution in [0.3, 0.4) is 0 Å². The van der Waals surface area contributed by atoms with E-state index in [4.69, 9.17) is 0 Å². The fraction of sp³-hybridized carbons (Fsp3) is 0.714. The molecule has 4 aliphatic rings. The van der Waals surface area contributed by atoms with E-state index in [1.165, 1.54) is 0 Å². The van der Waals surface area contributed by atoms with Crippen molar-refractivity contribution in [1.29, 1.82) is 0 Å². The molecule has 142 valence electrons. The van der Waals surface area contributed by atoms with E-state index >= 15 is 0 Å². The number of aliphatic hydroxyl groups excluding tert-OH is 1. The molecule has 0 aromatic rings. The topological polar surface area (TPSA) is 74.6 Å². The number of hydrogen-bond donors (Lipinski definition) is 2. The maximum atomic E-state index is 12.5. The fourth-order valence-electron chi connectivity index (χ4n) is 6.65. The van der Waals surface area contributed by atoms with Crippen LogP contribution >= 0.6 is 15.9 Å². The number of halogens is 1. The third-order valence-corrected chi connectivity index (χ3v) is 8.80. The fourth-order valence-corrected chi connectivity index (χ4v) is 7.11. The van der Waals surface area contributed by atoms with Crippen molar-refractivity contribution >= 4 is 27.5 Å². The predicted octanol–water partition coefficient (Wildman–Crippen LogP) is 2.96. The van der Waals surface area contributed by atoms with Crippen molar-refractivity contribution in [3.63, 3.8) is 0 Å². The molecular formula is C21H27BrO4. The number of carbonyl (C=O) groups is 2. The smallest absolute Gasteiger partial charge is 0.184 e. The number of carbonyl (C=O) groups excluding carboxylic acids is 2. The minimum absolute atomic E-state index is 0.105. The van der Waals surface area contributed by atoms with Crippen LogP contribution in [0.1, 0.15) is 46.0 Å². The van der Waals surface area contributed by atoms with Crippen LogP contribution in [0.2, 0.25) is 0 Å². The van der Waals surface area contributed by atoms with Crippen molar-refractivity contribution in [2.24, 2.45) is 28.6 Å². The lowest BCUT2D eigenvalue weighted by Gasteiger charge is -2.57. The largest absolute Gasteiger partial charge is 0.385 e. The second-order valence-corrected chi connectivity index (χ2v) is 9.76. The van der Waals surface area contributed by atoms with Gasteiger partial charge in [0.05, 0.1) is 5.33 Å². The molecule has 0 bridgehead atoms. The van der Waals surface area contributed by atoms with Crippen molar-refractivity contribution in [3.05, 3.63) is 23.8 Å². The second-order valence-electron chi connectivity index (χ2n) is 9.20. The molecule has 0 amide bonds. The van der Waals surface area contributed by atoms with Crippen molar-refractivity contribution in [2.75, 3.05) is 5.33 Å². The summed E-state index contributed by atoms with van der Waals surface area (Å²) in [6.45, 7) is 4.26. The first-order chi connectivity index (χ1) is 12.2. The van der Waals surface area contributed by atoms with Crippen LogP contribution in [-0.2, 0) is 9.59 Å². The zero-order chi connectivity index (χ0) is 18.9. The van der Waals surface area contributed by atoms with E-state index in [9.17, 15) is 19.8 Å². The van der Waals surface area contributed by atoms with E-state index in [0.29, 0.717) is 18.8 Å². The summed E-state index contributed by atoms with van der Waals surface area (Å²) in [7, 11) is 0. The van der Waals surface area contributed by atoms with Crippen LogP contribution in [-0.4, -0.2) is 38.8 Å². The van der Waals surface area contributed by atoms with Crippen LogP contribution in [0.4, 0.5) is 0 Å². The molecule has 0 spiro atoms. The molecule has 0 saturated heterocycles. The number of alkyl halides is 1. The molecule has 0 aromatic heterocycles. The van der Waals surface area contributed by atoms with Crippen molar-refractivity contribution < 1.29 is 19.8 Å². The number of rotatable bonds is 2. The van der Waals surface area contributed by atoms with Gasteiger partial charge < -0.3 is 10.2 Å². The number of allylic oxidation sites excluding steroid dienone is 3. The zero-order valence-electron chi connectivity index (χ0n) is 15.4. The maximum Gasteiger partial charge on any atom is 0.184 e. The van der Waals surface area contributed by atoms with Crippen LogP contribution in [0.25, 0.3) is 0 Å². The van der Waals surface area contributed by atoms with E-state index in [0.717, 1.165) is 24.8 Å². The number of ketones is 2. The summed E-state index contributed by atoms with van der Waals surface area (Å²) in [5.74, 6) is 0.554. The molecule has 2 fully saturated rings. The predicted molar refractivity (Wildman–Crippen MR) is 102 cm³/mol. The molecule has 4 nitrogen and oxygen atoms in total. The summed E-state index contributed by atoms with van der Waals surface area (Å²) in [6, 6.07) is 0. The van der Waals surface area contributed by atoms with Gasteiger partial charge >= 0.3 is 0 Å². The Balaban J connectivity index is 1.73. The summed E-state index contributed by atoms with van der Waals surface area (Å²) in [6.07, 6.45) is 8.49. The first-order valence-corrected chi connectivity index (χ1v) is 10.7. The molecule has 2 saturated carbocycles. The first kappa shape index (κ1) is 18.6.